The quantitative estimate of drug-likeness (QED) is 0.800. The summed E-state index contributed by atoms with van der Waals surface area (Å²) in [6, 6.07) is -0.0676. The van der Waals surface area contributed by atoms with Crippen LogP contribution < -0.4 is 0 Å². The van der Waals surface area contributed by atoms with Crippen molar-refractivity contribution in [2.24, 2.45) is 5.92 Å². The molecule has 0 spiro atoms. The van der Waals surface area contributed by atoms with Gasteiger partial charge in [-0.1, -0.05) is 25.7 Å². The summed E-state index contributed by atoms with van der Waals surface area (Å²) in [4.78, 5) is 25.4. The monoisotopic (exact) mass is 267 g/mol. The second-order valence-corrected chi connectivity index (χ2v) is 5.97. The van der Waals surface area contributed by atoms with E-state index in [9.17, 15) is 9.59 Å². The molecule has 0 radical (unpaired) electrons. The number of hydrogen-bond donors (Lipinski definition) is 1. The molecular weight excluding hydrogens is 242 g/mol. The molecule has 1 saturated carbocycles. The van der Waals surface area contributed by atoms with Crippen LogP contribution in [0.25, 0.3) is 0 Å². The molecule has 1 unspecified atom stereocenters. The number of aliphatic carboxylic acids is 1. The Hall–Kier alpha value is -1.06. The van der Waals surface area contributed by atoms with Gasteiger partial charge in [0.1, 0.15) is 0 Å². The molecule has 1 heterocycles. The number of hydrogen-bond acceptors (Lipinski definition) is 2. The first-order valence-electron chi connectivity index (χ1n) is 7.71. The topological polar surface area (TPSA) is 57.6 Å². The summed E-state index contributed by atoms with van der Waals surface area (Å²) >= 11 is 0. The molecule has 108 valence electrons. The van der Waals surface area contributed by atoms with Gasteiger partial charge in [0.25, 0.3) is 0 Å². The van der Waals surface area contributed by atoms with E-state index in [1.807, 2.05) is 4.90 Å². The average molecular weight is 267 g/mol. The van der Waals surface area contributed by atoms with Gasteiger partial charge in [-0.2, -0.15) is 0 Å². The Morgan fingerprint density at radius 1 is 0.947 bits per heavy atom. The summed E-state index contributed by atoms with van der Waals surface area (Å²) < 4.78 is 0. The highest BCUT2D eigenvalue weighted by Crippen LogP contribution is 2.28. The third-order valence-corrected chi connectivity index (χ3v) is 4.52. The number of piperidine rings is 1. The first-order chi connectivity index (χ1) is 9.18. The third-order valence-electron chi connectivity index (χ3n) is 4.52. The maximum Gasteiger partial charge on any atom is 0.305 e. The average Bonchev–Trinajstić information content (AvgIpc) is 2.67. The van der Waals surface area contributed by atoms with Crippen molar-refractivity contribution < 1.29 is 14.7 Å². The second-order valence-electron chi connectivity index (χ2n) is 5.97. The van der Waals surface area contributed by atoms with Gasteiger partial charge in [-0.15, -0.1) is 0 Å². The van der Waals surface area contributed by atoms with E-state index in [1.165, 1.54) is 12.8 Å². The van der Waals surface area contributed by atoms with Gasteiger partial charge in [-0.25, -0.2) is 0 Å². The SMILES string of the molecule is O=C(O)CC1CCCCN1C(=O)C1CCCCCC1. The summed E-state index contributed by atoms with van der Waals surface area (Å²) in [5, 5.41) is 8.98. The zero-order valence-electron chi connectivity index (χ0n) is 11.6. The van der Waals surface area contributed by atoms with Gasteiger partial charge >= 0.3 is 5.97 Å². The molecular formula is C15H25NO3. The molecule has 1 atom stereocenters. The number of carboxylic acid groups (broad SMARTS) is 1. The number of carbonyl (C=O) groups excluding carboxylic acids is 1. The Labute approximate surface area is 115 Å². The highest BCUT2D eigenvalue weighted by molar-refractivity contribution is 5.80. The fourth-order valence-electron chi connectivity index (χ4n) is 3.47. The van der Waals surface area contributed by atoms with Crippen molar-refractivity contribution in [3.63, 3.8) is 0 Å². The van der Waals surface area contributed by atoms with E-state index in [0.29, 0.717) is 0 Å². The molecule has 4 nitrogen and oxygen atoms in total. The molecule has 0 aromatic carbocycles. The van der Waals surface area contributed by atoms with Crippen molar-refractivity contribution in [3.8, 4) is 0 Å². The second kappa shape index (κ2) is 6.92. The lowest BCUT2D eigenvalue weighted by Crippen LogP contribution is -2.47. The van der Waals surface area contributed by atoms with Gasteiger partial charge in [-0.3, -0.25) is 9.59 Å². The summed E-state index contributed by atoms with van der Waals surface area (Å²) in [5.41, 5.74) is 0. The highest BCUT2D eigenvalue weighted by atomic mass is 16.4. The molecule has 1 aliphatic heterocycles. The van der Waals surface area contributed by atoms with Crippen LogP contribution in [0.3, 0.4) is 0 Å². The molecule has 1 amide bonds. The van der Waals surface area contributed by atoms with Crippen LogP contribution in [0, 0.1) is 5.92 Å². The number of rotatable bonds is 3. The number of carbonyl (C=O) groups is 2. The first-order valence-corrected chi connectivity index (χ1v) is 7.71. The Balaban J connectivity index is 1.99. The van der Waals surface area contributed by atoms with Crippen LogP contribution in [0.4, 0.5) is 0 Å². The predicted octanol–water partition coefficient (Wildman–Crippen LogP) is 2.81. The normalized spacial score (nSPS) is 25.9. The van der Waals surface area contributed by atoms with Crippen molar-refractivity contribution >= 4 is 11.9 Å². The summed E-state index contributed by atoms with van der Waals surface area (Å²) in [6.45, 7) is 0.757. The largest absolute Gasteiger partial charge is 0.481 e. The molecule has 1 N–H and O–H groups in total. The molecule has 2 aliphatic rings. The van der Waals surface area contributed by atoms with E-state index >= 15 is 0 Å². The molecule has 2 rings (SSSR count). The van der Waals surface area contributed by atoms with E-state index in [1.54, 1.807) is 0 Å². The highest BCUT2D eigenvalue weighted by Gasteiger charge is 2.32. The van der Waals surface area contributed by atoms with E-state index in [2.05, 4.69) is 0 Å². The first kappa shape index (κ1) is 14.4. The number of carboxylic acids is 1. The van der Waals surface area contributed by atoms with Crippen LogP contribution in [0.1, 0.15) is 64.2 Å². The molecule has 19 heavy (non-hydrogen) atoms. The Bertz CT molecular complexity index is 321. The fourth-order valence-corrected chi connectivity index (χ4v) is 3.47. The molecule has 4 heteroatoms. The zero-order valence-corrected chi connectivity index (χ0v) is 11.6. The van der Waals surface area contributed by atoms with Crippen LogP contribution >= 0.6 is 0 Å². The summed E-state index contributed by atoms with van der Waals surface area (Å²) in [5.74, 6) is -0.407. The lowest BCUT2D eigenvalue weighted by atomic mass is 9.93. The van der Waals surface area contributed by atoms with Crippen LogP contribution in [-0.2, 0) is 9.59 Å². The van der Waals surface area contributed by atoms with Gasteiger partial charge in [-0.05, 0) is 32.1 Å². The molecule has 0 aromatic heterocycles. The third kappa shape index (κ3) is 3.95. The smallest absolute Gasteiger partial charge is 0.305 e. The summed E-state index contributed by atoms with van der Waals surface area (Å²) in [7, 11) is 0. The van der Waals surface area contributed by atoms with Gasteiger partial charge in [0, 0.05) is 18.5 Å². The predicted molar refractivity (Wildman–Crippen MR) is 72.8 cm³/mol. The van der Waals surface area contributed by atoms with Crippen LogP contribution in [0.2, 0.25) is 0 Å². The Morgan fingerprint density at radius 3 is 2.21 bits per heavy atom. The number of nitrogens with zero attached hydrogens (tertiary/aromatic N) is 1. The van der Waals surface area contributed by atoms with E-state index in [-0.39, 0.29) is 24.3 Å². The standard InChI is InChI=1S/C15H25NO3/c17-14(18)11-13-9-5-6-10-16(13)15(19)12-7-3-1-2-4-8-12/h12-13H,1-11H2,(H,17,18). The van der Waals surface area contributed by atoms with Crippen molar-refractivity contribution in [2.75, 3.05) is 6.54 Å². The Kier molecular flexibility index (Phi) is 5.23. The maximum atomic E-state index is 12.6. The van der Waals surface area contributed by atoms with E-state index in [0.717, 1.165) is 51.5 Å². The zero-order chi connectivity index (χ0) is 13.7. The minimum atomic E-state index is -0.787. The molecule has 2 fully saturated rings. The lowest BCUT2D eigenvalue weighted by molar-refractivity contribution is -0.144. The fraction of sp³-hybridized carbons (Fsp3) is 0.867. The molecule has 0 aromatic rings. The van der Waals surface area contributed by atoms with Crippen molar-refractivity contribution in [3.05, 3.63) is 0 Å². The molecule has 1 aliphatic carbocycles. The van der Waals surface area contributed by atoms with E-state index in [4.69, 9.17) is 5.11 Å². The number of likely N-dealkylation sites (tertiary alicyclic amines) is 1. The Morgan fingerprint density at radius 2 is 1.58 bits per heavy atom. The van der Waals surface area contributed by atoms with Crippen molar-refractivity contribution in [2.45, 2.75) is 70.3 Å². The minimum Gasteiger partial charge on any atom is -0.481 e. The van der Waals surface area contributed by atoms with Gasteiger partial charge in [0.2, 0.25) is 5.91 Å². The van der Waals surface area contributed by atoms with Crippen LogP contribution in [0.5, 0.6) is 0 Å². The minimum absolute atomic E-state index is 0.0676. The number of amides is 1. The molecule has 0 bridgehead atoms. The molecule has 1 saturated heterocycles. The van der Waals surface area contributed by atoms with E-state index < -0.39 is 5.97 Å². The van der Waals surface area contributed by atoms with Gasteiger partial charge < -0.3 is 10.0 Å². The van der Waals surface area contributed by atoms with Crippen LogP contribution in [0.15, 0.2) is 0 Å². The van der Waals surface area contributed by atoms with Gasteiger partial charge in [0.05, 0.1) is 6.42 Å². The lowest BCUT2D eigenvalue weighted by Gasteiger charge is -2.37. The van der Waals surface area contributed by atoms with Crippen LogP contribution in [-0.4, -0.2) is 34.5 Å². The maximum absolute atomic E-state index is 12.6. The van der Waals surface area contributed by atoms with Crippen molar-refractivity contribution in [1.82, 2.24) is 4.90 Å². The summed E-state index contributed by atoms with van der Waals surface area (Å²) in [6.07, 6.45) is 9.79. The van der Waals surface area contributed by atoms with Gasteiger partial charge in [0.15, 0.2) is 0 Å². The van der Waals surface area contributed by atoms with Crippen molar-refractivity contribution in [1.29, 1.82) is 0 Å².